The van der Waals surface area contributed by atoms with Crippen molar-refractivity contribution in [2.75, 3.05) is 33.8 Å². The molecular weight excluding hydrogens is 212 g/mol. The molecule has 1 aliphatic heterocycles. The van der Waals surface area contributed by atoms with Gasteiger partial charge in [-0.3, -0.25) is 0 Å². The Morgan fingerprint density at radius 2 is 2.12 bits per heavy atom. The lowest BCUT2D eigenvalue weighted by Gasteiger charge is -2.41. The summed E-state index contributed by atoms with van der Waals surface area (Å²) in [7, 11) is 4.13. The van der Waals surface area contributed by atoms with Crippen molar-refractivity contribution >= 4 is 0 Å². The van der Waals surface area contributed by atoms with Crippen molar-refractivity contribution in [1.29, 1.82) is 0 Å². The first-order valence-electron chi connectivity index (χ1n) is 7.22. The van der Waals surface area contributed by atoms with Crippen molar-refractivity contribution in [3.8, 4) is 0 Å². The zero-order valence-electron chi connectivity index (χ0n) is 11.5. The Balaban J connectivity index is 1.59. The van der Waals surface area contributed by atoms with Gasteiger partial charge in [0.1, 0.15) is 0 Å². The standard InChI is InChI=1S/C14H28N2O/c1-16-11-4-3-6-13(16)7-10-15-12-14(17-2)8-5-9-14/h13,15H,3-12H2,1-2H3. The number of nitrogens with one attached hydrogen (secondary N) is 1. The van der Waals surface area contributed by atoms with Crippen LogP contribution in [0.5, 0.6) is 0 Å². The number of rotatable bonds is 6. The minimum Gasteiger partial charge on any atom is -0.377 e. The van der Waals surface area contributed by atoms with E-state index < -0.39 is 0 Å². The quantitative estimate of drug-likeness (QED) is 0.719. The molecule has 3 heteroatoms. The topological polar surface area (TPSA) is 24.5 Å². The lowest BCUT2D eigenvalue weighted by Crippen LogP contribution is -2.48. The average molecular weight is 240 g/mol. The molecule has 2 aliphatic rings. The number of likely N-dealkylation sites (tertiary alicyclic amines) is 1. The highest BCUT2D eigenvalue weighted by Gasteiger charge is 2.36. The molecule has 100 valence electrons. The van der Waals surface area contributed by atoms with Gasteiger partial charge in [0.25, 0.3) is 0 Å². The molecule has 2 rings (SSSR count). The summed E-state index contributed by atoms with van der Waals surface area (Å²) in [6.07, 6.45) is 9.27. The second-order valence-corrected chi connectivity index (χ2v) is 5.84. The van der Waals surface area contributed by atoms with Gasteiger partial charge in [0.15, 0.2) is 0 Å². The molecule has 1 unspecified atom stereocenters. The van der Waals surface area contributed by atoms with Crippen LogP contribution in [0.15, 0.2) is 0 Å². The smallest absolute Gasteiger partial charge is 0.0802 e. The molecule has 0 aromatic rings. The van der Waals surface area contributed by atoms with Crippen LogP contribution in [0.25, 0.3) is 0 Å². The molecule has 2 fully saturated rings. The Hall–Kier alpha value is -0.120. The highest BCUT2D eigenvalue weighted by Crippen LogP contribution is 2.34. The minimum absolute atomic E-state index is 0.179. The molecule has 0 aromatic carbocycles. The maximum atomic E-state index is 5.61. The molecule has 3 nitrogen and oxygen atoms in total. The van der Waals surface area contributed by atoms with Gasteiger partial charge in [0, 0.05) is 19.7 Å². The van der Waals surface area contributed by atoms with E-state index in [4.69, 9.17) is 4.74 Å². The molecule has 1 heterocycles. The zero-order chi connectivity index (χ0) is 12.1. The lowest BCUT2D eigenvalue weighted by molar-refractivity contribution is -0.0694. The largest absolute Gasteiger partial charge is 0.377 e. The lowest BCUT2D eigenvalue weighted by atomic mass is 9.80. The molecule has 0 bridgehead atoms. The summed E-state index contributed by atoms with van der Waals surface area (Å²) in [6, 6.07) is 0.802. The average Bonchev–Trinajstić information content (AvgIpc) is 2.29. The van der Waals surface area contributed by atoms with Crippen molar-refractivity contribution in [3.05, 3.63) is 0 Å². The van der Waals surface area contributed by atoms with Gasteiger partial charge >= 0.3 is 0 Å². The Kier molecular flexibility index (Phi) is 4.83. The van der Waals surface area contributed by atoms with Crippen molar-refractivity contribution in [2.24, 2.45) is 0 Å². The summed E-state index contributed by atoms with van der Waals surface area (Å²) in [5, 5.41) is 3.60. The Morgan fingerprint density at radius 1 is 1.29 bits per heavy atom. The van der Waals surface area contributed by atoms with Gasteiger partial charge in [-0.25, -0.2) is 0 Å². The number of piperidine rings is 1. The Morgan fingerprint density at radius 3 is 2.71 bits per heavy atom. The van der Waals surface area contributed by atoms with Gasteiger partial charge in [-0.2, -0.15) is 0 Å². The maximum Gasteiger partial charge on any atom is 0.0802 e. The van der Waals surface area contributed by atoms with Crippen LogP contribution in [0, 0.1) is 0 Å². The van der Waals surface area contributed by atoms with Crippen LogP contribution in [0.4, 0.5) is 0 Å². The summed E-state index contributed by atoms with van der Waals surface area (Å²) >= 11 is 0. The third-order valence-electron chi connectivity index (χ3n) is 4.72. The van der Waals surface area contributed by atoms with Crippen molar-refractivity contribution in [2.45, 2.75) is 56.6 Å². The first kappa shape index (κ1) is 13.3. The molecule has 17 heavy (non-hydrogen) atoms. The summed E-state index contributed by atoms with van der Waals surface area (Å²) in [5.41, 5.74) is 0.179. The van der Waals surface area contributed by atoms with Gasteiger partial charge in [-0.05, 0) is 58.7 Å². The molecule has 1 atom stereocenters. The fourth-order valence-corrected chi connectivity index (χ4v) is 3.12. The SMILES string of the molecule is COC1(CNCCC2CCCCN2C)CCC1. The predicted molar refractivity (Wildman–Crippen MR) is 71.3 cm³/mol. The van der Waals surface area contributed by atoms with E-state index >= 15 is 0 Å². The van der Waals surface area contributed by atoms with Gasteiger partial charge in [-0.1, -0.05) is 6.42 Å². The number of methoxy groups -OCH3 is 1. The summed E-state index contributed by atoms with van der Waals surface area (Å²) in [5.74, 6) is 0. The number of hydrogen-bond acceptors (Lipinski definition) is 3. The van der Waals surface area contributed by atoms with E-state index in [1.54, 1.807) is 0 Å². The molecular formula is C14H28N2O. The second-order valence-electron chi connectivity index (χ2n) is 5.84. The molecule has 0 spiro atoms. The van der Waals surface area contributed by atoms with E-state index in [-0.39, 0.29) is 5.60 Å². The van der Waals surface area contributed by atoms with Crippen LogP contribution < -0.4 is 5.32 Å². The van der Waals surface area contributed by atoms with Gasteiger partial charge in [-0.15, -0.1) is 0 Å². The van der Waals surface area contributed by atoms with Crippen LogP contribution in [-0.4, -0.2) is 50.3 Å². The first-order chi connectivity index (χ1) is 8.26. The zero-order valence-corrected chi connectivity index (χ0v) is 11.5. The third-order valence-corrected chi connectivity index (χ3v) is 4.72. The fourth-order valence-electron chi connectivity index (χ4n) is 3.12. The third kappa shape index (κ3) is 3.43. The van der Waals surface area contributed by atoms with E-state index in [2.05, 4.69) is 17.3 Å². The number of ether oxygens (including phenoxy) is 1. The molecule has 0 radical (unpaired) electrons. The molecule has 1 saturated heterocycles. The molecule has 0 amide bonds. The number of nitrogens with zero attached hydrogens (tertiary/aromatic N) is 1. The number of hydrogen-bond donors (Lipinski definition) is 1. The first-order valence-corrected chi connectivity index (χ1v) is 7.22. The van der Waals surface area contributed by atoms with Crippen LogP contribution >= 0.6 is 0 Å². The van der Waals surface area contributed by atoms with Gasteiger partial charge in [0.2, 0.25) is 0 Å². The van der Waals surface area contributed by atoms with Crippen molar-refractivity contribution < 1.29 is 4.74 Å². The van der Waals surface area contributed by atoms with E-state index in [1.165, 1.54) is 51.5 Å². The summed E-state index contributed by atoms with van der Waals surface area (Å²) in [4.78, 5) is 2.53. The molecule has 0 aromatic heterocycles. The Bertz CT molecular complexity index is 223. The van der Waals surface area contributed by atoms with Crippen molar-refractivity contribution in [1.82, 2.24) is 10.2 Å². The maximum absolute atomic E-state index is 5.61. The van der Waals surface area contributed by atoms with Crippen LogP contribution in [0.1, 0.15) is 44.9 Å². The van der Waals surface area contributed by atoms with Gasteiger partial charge in [0.05, 0.1) is 5.60 Å². The molecule has 1 aliphatic carbocycles. The van der Waals surface area contributed by atoms with Crippen LogP contribution in [-0.2, 0) is 4.74 Å². The molecule has 1 N–H and O–H groups in total. The monoisotopic (exact) mass is 240 g/mol. The van der Waals surface area contributed by atoms with E-state index in [0.717, 1.165) is 19.1 Å². The summed E-state index contributed by atoms with van der Waals surface area (Å²) in [6.45, 7) is 3.47. The Labute approximate surface area is 106 Å². The predicted octanol–water partition coefficient (Wildman–Crippen LogP) is 2.02. The minimum atomic E-state index is 0.179. The van der Waals surface area contributed by atoms with Crippen molar-refractivity contribution in [3.63, 3.8) is 0 Å². The van der Waals surface area contributed by atoms with Gasteiger partial charge < -0.3 is 15.0 Å². The molecule has 1 saturated carbocycles. The second kappa shape index (κ2) is 6.17. The highest BCUT2D eigenvalue weighted by atomic mass is 16.5. The highest BCUT2D eigenvalue weighted by molar-refractivity contribution is 4.91. The van der Waals surface area contributed by atoms with Crippen LogP contribution in [0.3, 0.4) is 0 Å². The van der Waals surface area contributed by atoms with E-state index in [1.807, 2.05) is 7.11 Å². The van der Waals surface area contributed by atoms with Crippen LogP contribution in [0.2, 0.25) is 0 Å². The fraction of sp³-hybridized carbons (Fsp3) is 1.00. The van der Waals surface area contributed by atoms with E-state index in [9.17, 15) is 0 Å². The van der Waals surface area contributed by atoms with E-state index in [0.29, 0.717) is 0 Å². The normalized spacial score (nSPS) is 28.9. The summed E-state index contributed by atoms with van der Waals surface area (Å²) < 4.78 is 5.61.